The molecule has 0 saturated carbocycles. The minimum absolute atomic E-state index is 0. The number of imidazole rings is 1. The lowest BCUT2D eigenvalue weighted by molar-refractivity contribution is -0.118. The summed E-state index contributed by atoms with van der Waals surface area (Å²) < 4.78 is 12.4. The van der Waals surface area contributed by atoms with Gasteiger partial charge in [-0.1, -0.05) is 18.2 Å². The third kappa shape index (κ3) is 4.57. The molecule has 3 aromatic rings. The lowest BCUT2D eigenvalue weighted by Gasteiger charge is -2.14. The molecule has 1 atom stereocenters. The molecule has 1 heterocycles. The highest BCUT2D eigenvalue weighted by atomic mass is 35.5. The Kier molecular flexibility index (Phi) is 7.18. The molecule has 144 valence electrons. The van der Waals surface area contributed by atoms with Crippen LogP contribution in [-0.4, -0.2) is 42.3 Å². The number of anilines is 1. The average molecular weight is 391 g/mol. The number of benzene rings is 2. The van der Waals surface area contributed by atoms with E-state index in [2.05, 4.69) is 10.3 Å². The maximum Gasteiger partial charge on any atom is 0.229 e. The predicted molar refractivity (Wildman–Crippen MR) is 108 cm³/mol. The van der Waals surface area contributed by atoms with Gasteiger partial charge in [0.25, 0.3) is 0 Å². The lowest BCUT2D eigenvalue weighted by Crippen LogP contribution is -2.28. The van der Waals surface area contributed by atoms with Gasteiger partial charge in [-0.2, -0.15) is 0 Å². The maximum absolute atomic E-state index is 12.4. The topological polar surface area (TPSA) is 91.4 Å². The number of nitrogens with zero attached hydrogens (tertiary/aromatic N) is 2. The quantitative estimate of drug-likeness (QED) is 0.647. The van der Waals surface area contributed by atoms with E-state index in [4.69, 9.17) is 15.2 Å². The molecule has 1 unspecified atom stereocenters. The molecule has 0 fully saturated rings. The van der Waals surface area contributed by atoms with Crippen molar-refractivity contribution in [2.75, 3.05) is 26.1 Å². The molecule has 3 rings (SSSR count). The van der Waals surface area contributed by atoms with Gasteiger partial charge in [0, 0.05) is 19.7 Å². The number of carbonyl (C=O) groups excluding carboxylic acids is 1. The Bertz CT molecular complexity index is 909. The van der Waals surface area contributed by atoms with Crippen molar-refractivity contribution in [3.8, 4) is 11.4 Å². The molecule has 0 spiro atoms. The molecular formula is C19H23ClN4O3. The van der Waals surface area contributed by atoms with Crippen LogP contribution < -0.4 is 15.8 Å². The van der Waals surface area contributed by atoms with Gasteiger partial charge in [0.2, 0.25) is 11.9 Å². The van der Waals surface area contributed by atoms with Gasteiger partial charge in [0.1, 0.15) is 5.75 Å². The lowest BCUT2D eigenvalue weighted by atomic mass is 10.2. The highest BCUT2D eigenvalue weighted by Gasteiger charge is 2.17. The summed E-state index contributed by atoms with van der Waals surface area (Å²) in [6, 6.07) is 15.3. The first-order chi connectivity index (χ1) is 12.7. The number of nitrogens with two attached hydrogens (primary N) is 1. The van der Waals surface area contributed by atoms with Crippen molar-refractivity contribution in [3.05, 3.63) is 48.5 Å². The van der Waals surface area contributed by atoms with Gasteiger partial charge in [-0.05, 0) is 24.3 Å². The molecular weight excluding hydrogens is 368 g/mol. The van der Waals surface area contributed by atoms with Crippen LogP contribution in [0.4, 0.5) is 5.95 Å². The third-order valence-corrected chi connectivity index (χ3v) is 4.13. The Morgan fingerprint density at radius 3 is 2.70 bits per heavy atom. The average Bonchev–Trinajstić information content (AvgIpc) is 3.03. The van der Waals surface area contributed by atoms with Crippen LogP contribution in [0.5, 0.6) is 5.75 Å². The first kappa shape index (κ1) is 20.7. The first-order valence-electron chi connectivity index (χ1n) is 8.31. The summed E-state index contributed by atoms with van der Waals surface area (Å²) in [5.41, 5.74) is 8.11. The summed E-state index contributed by atoms with van der Waals surface area (Å²) in [5, 5.41) is 2.87. The van der Waals surface area contributed by atoms with Crippen LogP contribution in [0.25, 0.3) is 16.7 Å². The summed E-state index contributed by atoms with van der Waals surface area (Å²) in [6.07, 6.45) is -0.168. The molecule has 0 bridgehead atoms. The van der Waals surface area contributed by atoms with Gasteiger partial charge in [-0.3, -0.25) is 14.7 Å². The van der Waals surface area contributed by atoms with E-state index >= 15 is 0 Å². The summed E-state index contributed by atoms with van der Waals surface area (Å²) in [7, 11) is 3.15. The molecule has 0 aliphatic carbocycles. The molecule has 0 aliphatic heterocycles. The summed E-state index contributed by atoms with van der Waals surface area (Å²) >= 11 is 0. The Morgan fingerprint density at radius 2 is 2.00 bits per heavy atom. The number of hydrogen-bond acceptors (Lipinski definition) is 5. The normalized spacial score (nSPS) is 11.7. The summed E-state index contributed by atoms with van der Waals surface area (Å²) in [4.78, 5) is 17.0. The smallest absolute Gasteiger partial charge is 0.229 e. The Labute approximate surface area is 163 Å². The monoisotopic (exact) mass is 390 g/mol. The van der Waals surface area contributed by atoms with Gasteiger partial charge < -0.3 is 15.2 Å². The molecule has 0 aliphatic rings. The third-order valence-electron chi connectivity index (χ3n) is 4.13. The van der Waals surface area contributed by atoms with Gasteiger partial charge in [-0.15, -0.1) is 12.4 Å². The number of aromatic nitrogens is 2. The van der Waals surface area contributed by atoms with Crippen molar-refractivity contribution >= 4 is 35.3 Å². The second-order valence-electron chi connectivity index (χ2n) is 5.81. The van der Waals surface area contributed by atoms with E-state index in [1.165, 1.54) is 7.11 Å². The number of methoxy groups -OCH3 is 2. The highest BCUT2D eigenvalue weighted by Crippen LogP contribution is 2.27. The number of hydrogen-bond donors (Lipinski definition) is 2. The fraction of sp³-hybridized carbons (Fsp3) is 0.263. The molecule has 27 heavy (non-hydrogen) atoms. The molecule has 1 aromatic heterocycles. The highest BCUT2D eigenvalue weighted by molar-refractivity contribution is 5.92. The van der Waals surface area contributed by atoms with Crippen molar-refractivity contribution in [2.45, 2.75) is 12.5 Å². The maximum atomic E-state index is 12.4. The van der Waals surface area contributed by atoms with E-state index in [0.717, 1.165) is 22.5 Å². The molecule has 2 aromatic carbocycles. The van der Waals surface area contributed by atoms with Gasteiger partial charge in [0.05, 0.1) is 36.4 Å². The number of amides is 1. The zero-order chi connectivity index (χ0) is 18.5. The standard InChI is InChI=1S/C19H22N4O3.ClH/c1-25-14-7-5-6-13(10-14)23-17-9-4-3-8-16(17)21-19(23)22-18(24)11-15(12-20)26-2;/h3-10,15H,11-12,20H2,1-2H3,(H,21,22,24);1H. The van der Waals surface area contributed by atoms with E-state index in [1.807, 2.05) is 53.1 Å². The van der Waals surface area contributed by atoms with Gasteiger partial charge in [0.15, 0.2) is 0 Å². The van der Waals surface area contributed by atoms with Crippen LogP contribution in [0.1, 0.15) is 6.42 Å². The van der Waals surface area contributed by atoms with Gasteiger partial charge in [-0.25, -0.2) is 4.98 Å². The van der Waals surface area contributed by atoms with E-state index in [0.29, 0.717) is 5.95 Å². The van der Waals surface area contributed by atoms with E-state index in [9.17, 15) is 4.79 Å². The molecule has 0 radical (unpaired) electrons. The van der Waals surface area contributed by atoms with Crippen LogP contribution >= 0.6 is 12.4 Å². The Balaban J connectivity index is 0.00000261. The van der Waals surface area contributed by atoms with Crippen LogP contribution in [0.3, 0.4) is 0 Å². The zero-order valence-corrected chi connectivity index (χ0v) is 16.0. The van der Waals surface area contributed by atoms with Crippen molar-refractivity contribution in [3.63, 3.8) is 0 Å². The number of carbonyl (C=O) groups is 1. The predicted octanol–water partition coefficient (Wildman–Crippen LogP) is 2.76. The summed E-state index contributed by atoms with van der Waals surface area (Å²) in [5.74, 6) is 0.957. The van der Waals surface area contributed by atoms with Crippen LogP contribution in [0.15, 0.2) is 48.5 Å². The largest absolute Gasteiger partial charge is 0.497 e. The number of rotatable bonds is 7. The fourth-order valence-corrected chi connectivity index (χ4v) is 2.77. The second kappa shape index (κ2) is 9.36. The number of fused-ring (bicyclic) bond motifs is 1. The minimum Gasteiger partial charge on any atom is -0.497 e. The number of ether oxygens (including phenoxy) is 2. The molecule has 8 heteroatoms. The fourth-order valence-electron chi connectivity index (χ4n) is 2.77. The van der Waals surface area contributed by atoms with E-state index in [1.54, 1.807) is 7.11 Å². The Morgan fingerprint density at radius 1 is 1.22 bits per heavy atom. The summed E-state index contributed by atoms with van der Waals surface area (Å²) in [6.45, 7) is 0.274. The van der Waals surface area contributed by atoms with Crippen molar-refractivity contribution in [1.29, 1.82) is 0 Å². The first-order valence-corrected chi connectivity index (χ1v) is 8.31. The molecule has 3 N–H and O–H groups in total. The van der Waals surface area contributed by atoms with Crippen LogP contribution in [0.2, 0.25) is 0 Å². The van der Waals surface area contributed by atoms with Crippen molar-refractivity contribution < 1.29 is 14.3 Å². The zero-order valence-electron chi connectivity index (χ0n) is 15.2. The van der Waals surface area contributed by atoms with E-state index in [-0.39, 0.29) is 37.4 Å². The Hall–Kier alpha value is -2.61. The molecule has 1 amide bonds. The number of para-hydroxylation sites is 2. The van der Waals surface area contributed by atoms with Crippen molar-refractivity contribution in [2.24, 2.45) is 5.73 Å². The van der Waals surface area contributed by atoms with Crippen LogP contribution in [0, 0.1) is 0 Å². The number of nitrogens with one attached hydrogen (secondary N) is 1. The van der Waals surface area contributed by atoms with E-state index < -0.39 is 0 Å². The van der Waals surface area contributed by atoms with Crippen molar-refractivity contribution in [1.82, 2.24) is 9.55 Å². The molecule has 7 nitrogen and oxygen atoms in total. The molecule has 0 saturated heterocycles. The number of halogens is 1. The second-order valence-corrected chi connectivity index (χ2v) is 5.81. The van der Waals surface area contributed by atoms with Crippen LogP contribution in [-0.2, 0) is 9.53 Å². The minimum atomic E-state index is -0.329. The van der Waals surface area contributed by atoms with Gasteiger partial charge >= 0.3 is 0 Å². The SMILES string of the molecule is COc1cccc(-n2c(NC(=O)CC(CN)OC)nc3ccccc32)c1.Cl.